The molecule has 1 aliphatic carbocycles. The lowest BCUT2D eigenvalue weighted by Crippen LogP contribution is -2.40. The molecule has 1 unspecified atom stereocenters. The van der Waals surface area contributed by atoms with Crippen molar-refractivity contribution in [1.82, 2.24) is 9.62 Å². The van der Waals surface area contributed by atoms with Crippen molar-refractivity contribution in [3.63, 3.8) is 0 Å². The fourth-order valence-corrected chi connectivity index (χ4v) is 5.51. The van der Waals surface area contributed by atoms with E-state index in [-0.39, 0.29) is 16.8 Å². The Labute approximate surface area is 194 Å². The molecule has 2 fully saturated rings. The van der Waals surface area contributed by atoms with E-state index in [1.807, 2.05) is 24.3 Å². The van der Waals surface area contributed by atoms with Crippen molar-refractivity contribution >= 4 is 33.6 Å². The van der Waals surface area contributed by atoms with Crippen LogP contribution in [0, 0.1) is 5.92 Å². The van der Waals surface area contributed by atoms with Gasteiger partial charge in [0.15, 0.2) is 0 Å². The summed E-state index contributed by atoms with van der Waals surface area (Å²) in [7, 11) is -3.53. The van der Waals surface area contributed by atoms with E-state index in [1.54, 1.807) is 30.3 Å². The van der Waals surface area contributed by atoms with E-state index in [9.17, 15) is 13.2 Å². The quantitative estimate of drug-likeness (QED) is 0.615. The Bertz CT molecular complexity index is 1060. The molecule has 1 aliphatic heterocycles. The van der Waals surface area contributed by atoms with Crippen LogP contribution >= 0.6 is 11.6 Å². The summed E-state index contributed by atoms with van der Waals surface area (Å²) in [5, 5.41) is 3.79. The SMILES string of the molecule is O=C(/C=C/c1ccc(S(=O)(=O)N2CCOCC2)cc1)NC(c1ccc(Cl)cc1)C1CCC1. The molecular formula is C24H27ClN2O4S. The number of sulfonamides is 1. The number of nitrogens with one attached hydrogen (secondary N) is 1. The van der Waals surface area contributed by atoms with Crippen LogP contribution < -0.4 is 5.32 Å². The lowest BCUT2D eigenvalue weighted by atomic mass is 9.77. The zero-order valence-electron chi connectivity index (χ0n) is 17.7. The first-order chi connectivity index (χ1) is 15.4. The van der Waals surface area contributed by atoms with Gasteiger partial charge in [0.25, 0.3) is 0 Å². The zero-order valence-corrected chi connectivity index (χ0v) is 19.3. The molecule has 0 radical (unpaired) electrons. The number of carbonyl (C=O) groups is 1. The minimum absolute atomic E-state index is 0.0424. The Hall–Kier alpha value is -2.19. The largest absolute Gasteiger partial charge is 0.379 e. The second kappa shape index (κ2) is 10.2. The molecule has 6 nitrogen and oxygen atoms in total. The second-order valence-corrected chi connectivity index (χ2v) is 10.5. The standard InChI is InChI=1S/C24H27ClN2O4S/c25-21-9-7-20(8-10-21)24(19-2-1-3-19)26-23(28)13-6-18-4-11-22(12-5-18)32(29,30)27-14-16-31-17-15-27/h4-13,19,24H,1-3,14-17H2,(H,26,28)/b13-6+. The smallest absolute Gasteiger partial charge is 0.244 e. The van der Waals surface area contributed by atoms with Gasteiger partial charge in [-0.15, -0.1) is 0 Å². The van der Waals surface area contributed by atoms with Gasteiger partial charge in [-0.1, -0.05) is 42.3 Å². The van der Waals surface area contributed by atoms with Gasteiger partial charge in [0.05, 0.1) is 24.2 Å². The van der Waals surface area contributed by atoms with Crippen molar-refractivity contribution in [2.24, 2.45) is 5.92 Å². The van der Waals surface area contributed by atoms with Gasteiger partial charge in [-0.05, 0) is 60.2 Å². The van der Waals surface area contributed by atoms with Crippen LogP contribution in [-0.4, -0.2) is 44.9 Å². The molecule has 0 bridgehead atoms. The lowest BCUT2D eigenvalue weighted by Gasteiger charge is -2.34. The maximum atomic E-state index is 12.7. The van der Waals surface area contributed by atoms with Crippen molar-refractivity contribution in [3.8, 4) is 0 Å². The molecule has 1 atom stereocenters. The molecule has 1 N–H and O–H groups in total. The van der Waals surface area contributed by atoms with Crippen LogP contribution in [-0.2, 0) is 19.6 Å². The molecule has 4 rings (SSSR count). The minimum atomic E-state index is -3.53. The fourth-order valence-electron chi connectivity index (χ4n) is 3.98. The highest BCUT2D eigenvalue weighted by atomic mass is 35.5. The molecule has 1 saturated carbocycles. The second-order valence-electron chi connectivity index (χ2n) is 8.15. The molecule has 0 spiro atoms. The Balaban J connectivity index is 1.40. The van der Waals surface area contributed by atoms with Crippen LogP contribution in [0.1, 0.15) is 36.4 Å². The summed E-state index contributed by atoms with van der Waals surface area (Å²) < 4.78 is 32.1. The van der Waals surface area contributed by atoms with Gasteiger partial charge < -0.3 is 10.1 Å². The van der Waals surface area contributed by atoms with E-state index < -0.39 is 10.0 Å². The first-order valence-electron chi connectivity index (χ1n) is 10.9. The van der Waals surface area contributed by atoms with Gasteiger partial charge in [-0.2, -0.15) is 4.31 Å². The Morgan fingerprint density at radius 3 is 2.31 bits per heavy atom. The third-order valence-electron chi connectivity index (χ3n) is 6.06. The molecule has 1 amide bonds. The van der Waals surface area contributed by atoms with Crippen molar-refractivity contribution in [3.05, 3.63) is 70.8 Å². The van der Waals surface area contributed by atoms with E-state index in [2.05, 4.69) is 5.32 Å². The van der Waals surface area contributed by atoms with Gasteiger partial charge >= 0.3 is 0 Å². The highest BCUT2D eigenvalue weighted by molar-refractivity contribution is 7.89. The lowest BCUT2D eigenvalue weighted by molar-refractivity contribution is -0.117. The van der Waals surface area contributed by atoms with Crippen LogP contribution in [0.4, 0.5) is 0 Å². The number of halogens is 1. The van der Waals surface area contributed by atoms with Crippen LogP contribution in [0.15, 0.2) is 59.5 Å². The molecule has 2 aliphatic rings. The topological polar surface area (TPSA) is 75.7 Å². The monoisotopic (exact) mass is 474 g/mol. The van der Waals surface area contributed by atoms with E-state index in [0.717, 1.165) is 24.0 Å². The van der Waals surface area contributed by atoms with Gasteiger partial charge in [-0.3, -0.25) is 4.79 Å². The molecule has 2 aromatic carbocycles. The first-order valence-corrected chi connectivity index (χ1v) is 12.7. The number of carbonyl (C=O) groups excluding carboxylic acids is 1. The van der Waals surface area contributed by atoms with E-state index >= 15 is 0 Å². The number of rotatable bonds is 7. The Kier molecular flexibility index (Phi) is 7.30. The molecule has 8 heteroatoms. The number of morpholine rings is 1. The summed E-state index contributed by atoms with van der Waals surface area (Å²) in [6.07, 6.45) is 6.56. The van der Waals surface area contributed by atoms with Crippen molar-refractivity contribution in [2.75, 3.05) is 26.3 Å². The minimum Gasteiger partial charge on any atom is -0.379 e. The number of nitrogens with zero attached hydrogens (tertiary/aromatic N) is 1. The Morgan fingerprint density at radius 1 is 1.06 bits per heavy atom. The summed E-state index contributed by atoms with van der Waals surface area (Å²) in [6.45, 7) is 1.54. The highest BCUT2D eigenvalue weighted by Crippen LogP contribution is 2.38. The predicted molar refractivity (Wildman–Crippen MR) is 125 cm³/mol. The summed E-state index contributed by atoms with van der Waals surface area (Å²) >= 11 is 6.01. The first kappa shape index (κ1) is 23.0. The summed E-state index contributed by atoms with van der Waals surface area (Å²) in [4.78, 5) is 12.9. The summed E-state index contributed by atoms with van der Waals surface area (Å²) in [5.41, 5.74) is 1.81. The average Bonchev–Trinajstić information content (AvgIpc) is 2.77. The maximum Gasteiger partial charge on any atom is 0.244 e. The Morgan fingerprint density at radius 2 is 1.72 bits per heavy atom. The summed E-state index contributed by atoms with van der Waals surface area (Å²) in [5.74, 6) is 0.250. The van der Waals surface area contributed by atoms with E-state index in [4.69, 9.17) is 16.3 Å². The molecule has 32 heavy (non-hydrogen) atoms. The van der Waals surface area contributed by atoms with E-state index in [1.165, 1.54) is 16.8 Å². The molecular weight excluding hydrogens is 448 g/mol. The zero-order chi connectivity index (χ0) is 22.6. The number of hydrogen-bond donors (Lipinski definition) is 1. The number of benzene rings is 2. The van der Waals surface area contributed by atoms with Crippen LogP contribution in [0.25, 0.3) is 6.08 Å². The van der Waals surface area contributed by atoms with Crippen LogP contribution in [0.3, 0.4) is 0 Å². The summed E-state index contributed by atoms with van der Waals surface area (Å²) in [6, 6.07) is 14.1. The molecule has 0 aromatic heterocycles. The number of amides is 1. The average molecular weight is 475 g/mol. The van der Waals surface area contributed by atoms with Crippen LogP contribution in [0.5, 0.6) is 0 Å². The maximum absolute atomic E-state index is 12.7. The molecule has 1 heterocycles. The van der Waals surface area contributed by atoms with Gasteiger partial charge in [0.2, 0.25) is 15.9 Å². The van der Waals surface area contributed by atoms with Crippen molar-refractivity contribution < 1.29 is 17.9 Å². The molecule has 1 saturated heterocycles. The number of ether oxygens (including phenoxy) is 1. The predicted octanol–water partition coefficient (Wildman–Crippen LogP) is 4.03. The van der Waals surface area contributed by atoms with Crippen molar-refractivity contribution in [1.29, 1.82) is 0 Å². The third-order valence-corrected chi connectivity index (χ3v) is 8.23. The molecule has 2 aromatic rings. The fraction of sp³-hybridized carbons (Fsp3) is 0.375. The van der Waals surface area contributed by atoms with Crippen LogP contribution in [0.2, 0.25) is 5.02 Å². The normalized spacial score (nSPS) is 18.9. The molecule has 170 valence electrons. The highest BCUT2D eigenvalue weighted by Gasteiger charge is 2.29. The third kappa shape index (κ3) is 5.41. The van der Waals surface area contributed by atoms with Gasteiger partial charge in [0, 0.05) is 24.2 Å². The van der Waals surface area contributed by atoms with Crippen molar-refractivity contribution in [2.45, 2.75) is 30.2 Å². The van der Waals surface area contributed by atoms with Gasteiger partial charge in [0.1, 0.15) is 0 Å². The number of hydrogen-bond acceptors (Lipinski definition) is 4. The van der Waals surface area contributed by atoms with Gasteiger partial charge in [-0.25, -0.2) is 8.42 Å². The van der Waals surface area contributed by atoms with E-state index in [0.29, 0.717) is 37.2 Å².